The number of rotatable bonds is 6. The molecule has 3 aromatic rings. The summed E-state index contributed by atoms with van der Waals surface area (Å²) in [7, 11) is 1.27. The number of benzene rings is 2. The van der Waals surface area contributed by atoms with Crippen molar-refractivity contribution < 1.29 is 27.1 Å². The molecule has 10 heteroatoms. The number of ether oxygens (including phenoxy) is 1. The van der Waals surface area contributed by atoms with E-state index in [1.807, 2.05) is 0 Å². The summed E-state index contributed by atoms with van der Waals surface area (Å²) in [5.74, 6) is -1.92. The predicted octanol–water partition coefficient (Wildman–Crippen LogP) is 6.51. The number of pyridine rings is 1. The first-order valence-electron chi connectivity index (χ1n) is 9.82. The van der Waals surface area contributed by atoms with Crippen molar-refractivity contribution in [2.75, 3.05) is 7.11 Å². The lowest BCUT2D eigenvalue weighted by atomic mass is 10.1. The molecule has 1 heterocycles. The minimum atomic E-state index is -4.85. The Balaban J connectivity index is 1.94. The van der Waals surface area contributed by atoms with Gasteiger partial charge in [-0.15, -0.1) is 0 Å². The Kier molecular flexibility index (Phi) is 7.84. The molecule has 0 aliphatic rings. The van der Waals surface area contributed by atoms with E-state index in [2.05, 4.69) is 4.74 Å². The number of carbonyl (C=O) groups is 1. The largest absolute Gasteiger partial charge is 0.465 e. The quantitative estimate of drug-likeness (QED) is 0.278. The van der Waals surface area contributed by atoms with Gasteiger partial charge in [0, 0.05) is 12.1 Å². The number of alkyl halides is 3. The third kappa shape index (κ3) is 5.69. The van der Waals surface area contributed by atoms with Gasteiger partial charge in [-0.3, -0.25) is 4.79 Å². The average molecular weight is 514 g/mol. The summed E-state index contributed by atoms with van der Waals surface area (Å²) in [5.41, 5.74) is -0.987. The Hall–Kier alpha value is -3.10. The molecule has 4 nitrogen and oxygen atoms in total. The van der Waals surface area contributed by atoms with Crippen LogP contribution in [0.25, 0.3) is 12.2 Å². The van der Waals surface area contributed by atoms with E-state index in [4.69, 9.17) is 23.2 Å². The number of nitrogens with zero attached hydrogens (tertiary/aromatic N) is 1. The maximum absolute atomic E-state index is 14.4. The molecule has 0 saturated heterocycles. The highest BCUT2D eigenvalue weighted by Crippen LogP contribution is 2.33. The second-order valence-corrected chi connectivity index (χ2v) is 7.98. The molecule has 3 rings (SSSR count). The standard InChI is InChI=1S/C24H17Cl2F4NO3/c1-34-23(33)16-7-5-14(6-8-16)11-12-31-20(18(25)13-19(26)22(31)32)10-9-15-3-2-4-17(21(15)27)24(28,29)30/h2-10,13H,11-12H2,1H3. The predicted molar refractivity (Wildman–Crippen MR) is 123 cm³/mol. The van der Waals surface area contributed by atoms with E-state index in [1.54, 1.807) is 24.3 Å². The molecule has 0 unspecified atom stereocenters. The Morgan fingerprint density at radius 2 is 1.74 bits per heavy atom. The third-order valence-electron chi connectivity index (χ3n) is 4.99. The van der Waals surface area contributed by atoms with Crippen molar-refractivity contribution in [2.24, 2.45) is 0 Å². The van der Waals surface area contributed by atoms with E-state index < -0.39 is 29.1 Å². The van der Waals surface area contributed by atoms with Gasteiger partial charge < -0.3 is 9.30 Å². The molecule has 0 amide bonds. The first-order chi connectivity index (χ1) is 16.0. The maximum atomic E-state index is 14.4. The highest BCUT2D eigenvalue weighted by atomic mass is 35.5. The van der Waals surface area contributed by atoms with Crippen LogP contribution in [-0.4, -0.2) is 17.6 Å². The van der Waals surface area contributed by atoms with Crippen molar-refractivity contribution in [1.82, 2.24) is 4.57 Å². The van der Waals surface area contributed by atoms with Crippen molar-refractivity contribution in [2.45, 2.75) is 19.1 Å². The number of halogens is 6. The Labute approximate surface area is 202 Å². The molecular formula is C24H17Cl2F4NO3. The van der Waals surface area contributed by atoms with Crippen LogP contribution < -0.4 is 5.56 Å². The summed E-state index contributed by atoms with van der Waals surface area (Å²) in [4.78, 5) is 24.2. The number of hydrogen-bond acceptors (Lipinski definition) is 3. The van der Waals surface area contributed by atoms with Crippen LogP contribution >= 0.6 is 23.2 Å². The van der Waals surface area contributed by atoms with E-state index in [-0.39, 0.29) is 27.8 Å². The lowest BCUT2D eigenvalue weighted by molar-refractivity contribution is -0.140. The topological polar surface area (TPSA) is 48.3 Å². The Bertz CT molecular complexity index is 1300. The Morgan fingerprint density at radius 3 is 2.35 bits per heavy atom. The zero-order valence-corrected chi connectivity index (χ0v) is 19.1. The summed E-state index contributed by atoms with van der Waals surface area (Å²) in [6.45, 7) is 0.113. The first-order valence-corrected chi connectivity index (χ1v) is 10.6. The van der Waals surface area contributed by atoms with Gasteiger partial charge in [-0.1, -0.05) is 47.5 Å². The normalized spacial score (nSPS) is 11.7. The average Bonchev–Trinajstić information content (AvgIpc) is 2.79. The van der Waals surface area contributed by atoms with E-state index >= 15 is 0 Å². The second kappa shape index (κ2) is 10.4. The van der Waals surface area contributed by atoms with Crippen LogP contribution in [-0.2, 0) is 23.9 Å². The van der Waals surface area contributed by atoms with E-state index in [9.17, 15) is 27.2 Å². The summed E-state index contributed by atoms with van der Waals surface area (Å²) in [6, 6.07) is 10.7. The molecule has 0 N–H and O–H groups in total. The molecular weight excluding hydrogens is 497 g/mol. The van der Waals surface area contributed by atoms with Gasteiger partial charge in [-0.05, 0) is 48.4 Å². The molecule has 0 aliphatic carbocycles. The summed E-state index contributed by atoms with van der Waals surface area (Å²) in [6.07, 6.45) is -2.13. The van der Waals surface area contributed by atoms with Gasteiger partial charge >= 0.3 is 12.1 Å². The minimum absolute atomic E-state index is 0.0641. The molecule has 0 atom stereocenters. The lowest BCUT2D eigenvalue weighted by Crippen LogP contribution is -2.24. The molecule has 0 aliphatic heterocycles. The SMILES string of the molecule is COC(=O)c1ccc(CCn2c(C=Cc3cccc(C(F)(F)F)c3F)c(Cl)cc(Cl)c2=O)cc1. The van der Waals surface area contributed by atoms with E-state index in [0.717, 1.165) is 17.7 Å². The zero-order valence-electron chi connectivity index (χ0n) is 17.6. The fraction of sp³-hybridized carbons (Fsp3) is 0.167. The van der Waals surface area contributed by atoms with Crippen LogP contribution in [0.15, 0.2) is 53.3 Å². The van der Waals surface area contributed by atoms with Crippen molar-refractivity contribution in [3.05, 3.63) is 103 Å². The molecule has 2 aromatic carbocycles. The van der Waals surface area contributed by atoms with Crippen LogP contribution in [0.1, 0.15) is 32.7 Å². The minimum Gasteiger partial charge on any atom is -0.465 e. The molecule has 0 bridgehead atoms. The van der Waals surface area contributed by atoms with E-state index in [1.165, 1.54) is 29.9 Å². The molecule has 0 saturated carbocycles. The number of methoxy groups -OCH3 is 1. The summed E-state index contributed by atoms with van der Waals surface area (Å²) < 4.78 is 59.3. The number of aryl methyl sites for hydroxylation is 1. The molecule has 178 valence electrons. The van der Waals surface area contributed by atoms with Gasteiger partial charge in [-0.2, -0.15) is 13.2 Å². The number of carbonyl (C=O) groups excluding carboxylic acids is 1. The monoisotopic (exact) mass is 513 g/mol. The van der Waals surface area contributed by atoms with Gasteiger partial charge in [0.25, 0.3) is 5.56 Å². The van der Waals surface area contributed by atoms with Gasteiger partial charge in [-0.25, -0.2) is 9.18 Å². The zero-order chi connectivity index (χ0) is 25.0. The van der Waals surface area contributed by atoms with Crippen molar-refractivity contribution >= 4 is 41.3 Å². The molecule has 0 fully saturated rings. The van der Waals surface area contributed by atoms with Crippen LogP contribution in [0, 0.1) is 5.82 Å². The van der Waals surface area contributed by atoms with Crippen LogP contribution in [0.3, 0.4) is 0 Å². The van der Waals surface area contributed by atoms with Gasteiger partial charge in [0.2, 0.25) is 0 Å². The van der Waals surface area contributed by atoms with Gasteiger partial charge in [0.05, 0.1) is 29.0 Å². The number of hydrogen-bond donors (Lipinski definition) is 0. The van der Waals surface area contributed by atoms with Crippen molar-refractivity contribution in [1.29, 1.82) is 0 Å². The first kappa shape index (κ1) is 25.5. The molecule has 1 aromatic heterocycles. The molecule has 0 radical (unpaired) electrons. The molecule has 0 spiro atoms. The van der Waals surface area contributed by atoms with Crippen molar-refractivity contribution in [3.8, 4) is 0 Å². The van der Waals surface area contributed by atoms with Crippen LogP contribution in [0.4, 0.5) is 17.6 Å². The number of esters is 1. The second-order valence-electron chi connectivity index (χ2n) is 7.16. The van der Waals surface area contributed by atoms with Crippen LogP contribution in [0.5, 0.6) is 0 Å². The lowest BCUT2D eigenvalue weighted by Gasteiger charge is -2.13. The smallest absolute Gasteiger partial charge is 0.419 e. The van der Waals surface area contributed by atoms with Crippen molar-refractivity contribution in [3.63, 3.8) is 0 Å². The number of aromatic nitrogens is 1. The van der Waals surface area contributed by atoms with Gasteiger partial charge in [0.1, 0.15) is 10.8 Å². The maximum Gasteiger partial charge on any atom is 0.419 e. The van der Waals surface area contributed by atoms with Gasteiger partial charge in [0.15, 0.2) is 0 Å². The van der Waals surface area contributed by atoms with E-state index in [0.29, 0.717) is 18.1 Å². The summed E-state index contributed by atoms with van der Waals surface area (Å²) >= 11 is 12.2. The third-order valence-corrected chi connectivity index (χ3v) is 5.57. The molecule has 34 heavy (non-hydrogen) atoms. The summed E-state index contributed by atoms with van der Waals surface area (Å²) in [5, 5.41) is -0.0808. The van der Waals surface area contributed by atoms with Crippen LogP contribution in [0.2, 0.25) is 10.0 Å². The fourth-order valence-electron chi connectivity index (χ4n) is 3.24. The fourth-order valence-corrected chi connectivity index (χ4v) is 3.78. The highest BCUT2D eigenvalue weighted by Gasteiger charge is 2.34. The Morgan fingerprint density at radius 1 is 1.06 bits per heavy atom. The highest BCUT2D eigenvalue weighted by molar-refractivity contribution is 6.35.